The van der Waals surface area contributed by atoms with Gasteiger partial charge >= 0.3 is 0 Å². The lowest BCUT2D eigenvalue weighted by molar-refractivity contribution is 0.112. The average Bonchev–Trinajstić information content (AvgIpc) is 2.82. The maximum atomic E-state index is 10.8. The number of aldehydes is 1. The van der Waals surface area contributed by atoms with Crippen LogP contribution in [-0.4, -0.2) is 6.29 Å². The third kappa shape index (κ3) is 1.81. The molecule has 0 saturated carbocycles. The van der Waals surface area contributed by atoms with E-state index < -0.39 is 10.9 Å². The standard InChI is InChI=1S/C15H11OS/c16-11-12-4-3-6-14(10-12)17-9-8-13-5-1-2-7-15(13)17/h1-3,5-11,17H. The van der Waals surface area contributed by atoms with Crippen molar-refractivity contribution in [3.63, 3.8) is 0 Å². The normalized spacial score (nSPS) is 18.9. The van der Waals surface area contributed by atoms with Gasteiger partial charge in [-0.15, -0.1) is 0 Å². The Morgan fingerprint density at radius 1 is 1.18 bits per heavy atom. The van der Waals surface area contributed by atoms with Gasteiger partial charge in [-0.1, -0.05) is 24.3 Å². The summed E-state index contributed by atoms with van der Waals surface area (Å²) in [6, 6.07) is 17.1. The molecule has 1 atom stereocenters. The van der Waals surface area contributed by atoms with Gasteiger partial charge in [-0.05, 0) is 46.2 Å². The predicted molar refractivity (Wildman–Crippen MR) is 71.7 cm³/mol. The van der Waals surface area contributed by atoms with Crippen LogP contribution < -0.4 is 0 Å². The second-order valence-corrected chi connectivity index (χ2v) is 5.90. The molecule has 0 amide bonds. The van der Waals surface area contributed by atoms with Gasteiger partial charge < -0.3 is 0 Å². The van der Waals surface area contributed by atoms with Gasteiger partial charge in [0.05, 0.1) is 0 Å². The van der Waals surface area contributed by atoms with Crippen LogP contribution >= 0.6 is 10.9 Å². The molecule has 1 unspecified atom stereocenters. The van der Waals surface area contributed by atoms with Crippen molar-refractivity contribution in [1.29, 1.82) is 0 Å². The van der Waals surface area contributed by atoms with Gasteiger partial charge in [0, 0.05) is 10.5 Å². The highest BCUT2D eigenvalue weighted by atomic mass is 32.2. The van der Waals surface area contributed by atoms with Gasteiger partial charge in [-0.25, -0.2) is 0 Å². The van der Waals surface area contributed by atoms with Crippen molar-refractivity contribution in [3.8, 4) is 0 Å². The van der Waals surface area contributed by atoms with E-state index in [1.165, 1.54) is 15.4 Å². The molecule has 1 aliphatic rings. The minimum Gasteiger partial charge on any atom is -0.298 e. The van der Waals surface area contributed by atoms with Gasteiger partial charge in [0.1, 0.15) is 0 Å². The first-order chi connectivity index (χ1) is 8.38. The zero-order valence-electron chi connectivity index (χ0n) is 9.13. The van der Waals surface area contributed by atoms with Crippen molar-refractivity contribution >= 4 is 23.3 Å². The summed E-state index contributed by atoms with van der Waals surface area (Å²) in [5.41, 5.74) is 1.92. The molecule has 0 aromatic heterocycles. The minimum atomic E-state index is -0.437. The monoisotopic (exact) mass is 239 g/mol. The molecule has 0 spiro atoms. The highest BCUT2D eigenvalue weighted by Gasteiger charge is 2.14. The van der Waals surface area contributed by atoms with Crippen molar-refractivity contribution in [2.24, 2.45) is 0 Å². The van der Waals surface area contributed by atoms with Crippen molar-refractivity contribution in [3.05, 3.63) is 65.1 Å². The number of carbonyl (C=O) groups excluding carboxylic acids is 1. The highest BCUT2D eigenvalue weighted by Crippen LogP contribution is 2.51. The topological polar surface area (TPSA) is 17.1 Å². The van der Waals surface area contributed by atoms with E-state index in [1.807, 2.05) is 18.2 Å². The maximum absolute atomic E-state index is 10.8. The quantitative estimate of drug-likeness (QED) is 0.624. The number of rotatable bonds is 2. The van der Waals surface area contributed by atoms with Crippen LogP contribution in [0.1, 0.15) is 15.9 Å². The van der Waals surface area contributed by atoms with Gasteiger partial charge in [0.15, 0.2) is 6.29 Å². The number of thiol groups is 1. The zero-order chi connectivity index (χ0) is 11.7. The van der Waals surface area contributed by atoms with Crippen molar-refractivity contribution in [1.82, 2.24) is 0 Å². The molecule has 0 N–H and O–H groups in total. The Morgan fingerprint density at radius 2 is 2.06 bits per heavy atom. The SMILES string of the molecule is O=Cc1[c]ccc([SH]2C=Cc3ccccc32)c1. The summed E-state index contributed by atoms with van der Waals surface area (Å²) < 4.78 is 0. The van der Waals surface area contributed by atoms with Crippen LogP contribution in [0.3, 0.4) is 0 Å². The van der Waals surface area contributed by atoms with Crippen LogP contribution in [0.2, 0.25) is 0 Å². The molecule has 17 heavy (non-hydrogen) atoms. The Labute approximate surface area is 103 Å². The average molecular weight is 239 g/mol. The fourth-order valence-corrected chi connectivity index (χ4v) is 4.11. The van der Waals surface area contributed by atoms with E-state index >= 15 is 0 Å². The van der Waals surface area contributed by atoms with Crippen LogP contribution in [0.5, 0.6) is 0 Å². The Kier molecular flexibility index (Phi) is 2.57. The van der Waals surface area contributed by atoms with Crippen molar-refractivity contribution < 1.29 is 4.79 Å². The molecule has 0 bridgehead atoms. The number of hydrogen-bond donors (Lipinski definition) is 1. The molecular weight excluding hydrogens is 228 g/mol. The fourth-order valence-electron chi connectivity index (χ4n) is 2.00. The van der Waals surface area contributed by atoms with E-state index in [-0.39, 0.29) is 0 Å². The lowest BCUT2D eigenvalue weighted by Crippen LogP contribution is -1.85. The summed E-state index contributed by atoms with van der Waals surface area (Å²) in [5, 5.41) is 2.24. The Bertz CT molecular complexity index is 601. The van der Waals surface area contributed by atoms with Crippen LogP contribution in [0.25, 0.3) is 6.08 Å². The van der Waals surface area contributed by atoms with Gasteiger partial charge in [0.2, 0.25) is 0 Å². The zero-order valence-corrected chi connectivity index (χ0v) is 10.0. The van der Waals surface area contributed by atoms with E-state index in [1.54, 1.807) is 0 Å². The van der Waals surface area contributed by atoms with E-state index in [0.717, 1.165) is 6.29 Å². The third-order valence-corrected chi connectivity index (χ3v) is 5.02. The molecule has 0 aliphatic carbocycles. The summed E-state index contributed by atoms with van der Waals surface area (Å²) in [6.07, 6.45) is 3.02. The van der Waals surface area contributed by atoms with Crippen LogP contribution in [0, 0.1) is 6.07 Å². The second-order valence-electron chi connectivity index (χ2n) is 3.86. The largest absolute Gasteiger partial charge is 0.298 e. The molecule has 2 heteroatoms. The molecule has 3 rings (SSSR count). The number of hydrogen-bond acceptors (Lipinski definition) is 1. The molecule has 2 aromatic carbocycles. The van der Waals surface area contributed by atoms with Gasteiger partial charge in [-0.2, -0.15) is 10.9 Å². The summed E-state index contributed by atoms with van der Waals surface area (Å²) in [7, 11) is -0.437. The summed E-state index contributed by atoms with van der Waals surface area (Å²) in [5.74, 6) is 0. The van der Waals surface area contributed by atoms with E-state index in [4.69, 9.17) is 0 Å². The van der Waals surface area contributed by atoms with Crippen LogP contribution in [0.15, 0.2) is 57.7 Å². The Morgan fingerprint density at radius 3 is 2.94 bits per heavy atom. The summed E-state index contributed by atoms with van der Waals surface area (Å²) in [6.45, 7) is 0. The Hall–Kier alpha value is -1.80. The minimum absolute atomic E-state index is 0.437. The van der Waals surface area contributed by atoms with Crippen molar-refractivity contribution in [2.45, 2.75) is 9.79 Å². The summed E-state index contributed by atoms with van der Waals surface area (Å²) >= 11 is 0. The van der Waals surface area contributed by atoms with Crippen molar-refractivity contribution in [2.75, 3.05) is 0 Å². The number of benzene rings is 2. The molecule has 1 aliphatic heterocycles. The van der Waals surface area contributed by atoms with E-state index in [2.05, 4.69) is 41.8 Å². The van der Waals surface area contributed by atoms with Crippen LogP contribution in [0.4, 0.5) is 0 Å². The fraction of sp³-hybridized carbons (Fsp3) is 0. The van der Waals surface area contributed by atoms with Gasteiger partial charge in [-0.3, -0.25) is 4.79 Å². The van der Waals surface area contributed by atoms with E-state index in [9.17, 15) is 4.79 Å². The molecule has 2 aromatic rings. The molecule has 1 radical (unpaired) electrons. The molecule has 1 heterocycles. The first-order valence-corrected chi connectivity index (χ1v) is 6.83. The lowest BCUT2D eigenvalue weighted by Gasteiger charge is -2.15. The summed E-state index contributed by atoms with van der Waals surface area (Å²) in [4.78, 5) is 13.4. The lowest BCUT2D eigenvalue weighted by atomic mass is 10.2. The third-order valence-electron chi connectivity index (χ3n) is 2.81. The predicted octanol–water partition coefficient (Wildman–Crippen LogP) is 3.70. The Balaban J connectivity index is 2.07. The first-order valence-electron chi connectivity index (χ1n) is 5.42. The smallest absolute Gasteiger partial charge is 0.150 e. The number of fused-ring (bicyclic) bond motifs is 1. The maximum Gasteiger partial charge on any atom is 0.150 e. The first kappa shape index (κ1) is 10.4. The molecule has 1 nitrogen and oxygen atoms in total. The molecule has 0 saturated heterocycles. The van der Waals surface area contributed by atoms with E-state index in [0.29, 0.717) is 5.56 Å². The molecule has 0 fully saturated rings. The molecular formula is C15H11OS. The van der Waals surface area contributed by atoms with Crippen LogP contribution in [-0.2, 0) is 0 Å². The highest BCUT2D eigenvalue weighted by molar-refractivity contribution is 8.20. The molecule has 83 valence electrons. The number of carbonyl (C=O) groups is 1. The second kappa shape index (κ2) is 4.22. The van der Waals surface area contributed by atoms with Gasteiger partial charge in [0.25, 0.3) is 0 Å².